The monoisotopic (exact) mass is 460 g/mol. The minimum Gasteiger partial charge on any atom is -0.309 e. The molecular formula is C34H24N2. The summed E-state index contributed by atoms with van der Waals surface area (Å²) >= 11 is 0. The van der Waals surface area contributed by atoms with Crippen molar-refractivity contribution < 1.29 is 0 Å². The molecule has 0 saturated carbocycles. The smallest absolute Gasteiger partial charge is 0.0638 e. The van der Waals surface area contributed by atoms with E-state index in [0.717, 1.165) is 12.8 Å². The number of para-hydroxylation sites is 2. The quantitative estimate of drug-likeness (QED) is 0.244. The third-order valence-electron chi connectivity index (χ3n) is 7.77. The summed E-state index contributed by atoms with van der Waals surface area (Å²) in [4.78, 5) is 0. The van der Waals surface area contributed by atoms with Crippen LogP contribution in [0.1, 0.15) is 17.7 Å². The summed E-state index contributed by atoms with van der Waals surface area (Å²) in [6, 6.07) is 39.7. The van der Waals surface area contributed by atoms with Crippen LogP contribution in [0.3, 0.4) is 0 Å². The fourth-order valence-corrected chi connectivity index (χ4v) is 6.28. The first kappa shape index (κ1) is 19.7. The van der Waals surface area contributed by atoms with Crippen LogP contribution in [0.25, 0.3) is 60.9 Å². The third kappa shape index (κ3) is 2.61. The van der Waals surface area contributed by atoms with Crippen molar-refractivity contribution in [3.8, 4) is 11.4 Å². The maximum atomic E-state index is 2.53. The predicted octanol–water partition coefficient (Wildman–Crippen LogP) is 8.84. The van der Waals surface area contributed by atoms with Crippen LogP contribution < -0.4 is 0 Å². The summed E-state index contributed by atoms with van der Waals surface area (Å²) in [6.45, 7) is 0. The van der Waals surface area contributed by atoms with Gasteiger partial charge < -0.3 is 9.13 Å². The van der Waals surface area contributed by atoms with E-state index in [9.17, 15) is 0 Å². The summed E-state index contributed by atoms with van der Waals surface area (Å²) in [5, 5.41) is 6.53. The van der Waals surface area contributed by atoms with Gasteiger partial charge in [-0.2, -0.15) is 0 Å². The maximum absolute atomic E-state index is 2.53. The lowest BCUT2D eigenvalue weighted by molar-refractivity contribution is 0.970. The molecule has 0 radical (unpaired) electrons. The topological polar surface area (TPSA) is 9.86 Å². The molecule has 2 heteroatoms. The van der Waals surface area contributed by atoms with Crippen molar-refractivity contribution in [2.24, 2.45) is 0 Å². The Bertz CT molecular complexity index is 1980. The van der Waals surface area contributed by atoms with Crippen LogP contribution >= 0.6 is 0 Å². The van der Waals surface area contributed by atoms with E-state index in [1.165, 1.54) is 66.1 Å². The first-order valence-corrected chi connectivity index (χ1v) is 12.7. The number of aromatic nitrogens is 2. The Morgan fingerprint density at radius 3 is 2.25 bits per heavy atom. The minimum absolute atomic E-state index is 1.07. The number of rotatable bonds is 2. The summed E-state index contributed by atoms with van der Waals surface area (Å²) in [7, 11) is 0. The Kier molecular flexibility index (Phi) is 4.09. The highest BCUT2D eigenvalue weighted by molar-refractivity contribution is 6.22. The lowest BCUT2D eigenvalue weighted by atomic mass is 10.00. The summed E-state index contributed by atoms with van der Waals surface area (Å²) in [6.07, 6.45) is 6.82. The predicted molar refractivity (Wildman–Crippen MR) is 152 cm³/mol. The Balaban J connectivity index is 1.62. The van der Waals surface area contributed by atoms with Gasteiger partial charge in [-0.15, -0.1) is 0 Å². The maximum Gasteiger partial charge on any atom is 0.0638 e. The van der Waals surface area contributed by atoms with Crippen LogP contribution in [-0.4, -0.2) is 9.13 Å². The molecule has 170 valence electrons. The molecule has 36 heavy (non-hydrogen) atoms. The van der Waals surface area contributed by atoms with E-state index in [-0.39, 0.29) is 0 Å². The number of fused-ring (bicyclic) bond motifs is 8. The standard InChI is InChI=1S/C34H24N2/c1-2-13-24(14-3-1)35-31-19-9-7-17-28(31)33-32(35)22-21-27-26-16-6-8-18-30(26)36(34(27)33)29-20-10-12-23-11-4-5-15-25(23)29/h1-5,7-15,17-22H,6,16H2. The Hall–Kier alpha value is -4.56. The van der Waals surface area contributed by atoms with Crippen LogP contribution in [0, 0.1) is 0 Å². The summed E-state index contributed by atoms with van der Waals surface area (Å²) < 4.78 is 4.95. The van der Waals surface area contributed by atoms with Crippen molar-refractivity contribution in [1.82, 2.24) is 9.13 Å². The molecule has 0 bridgehead atoms. The van der Waals surface area contributed by atoms with E-state index >= 15 is 0 Å². The second-order valence-electron chi connectivity index (χ2n) is 9.68. The number of allylic oxidation sites excluding steroid dienone is 1. The first-order valence-electron chi connectivity index (χ1n) is 12.7. The average Bonchev–Trinajstić information content (AvgIpc) is 3.46. The van der Waals surface area contributed by atoms with Gasteiger partial charge in [0.05, 0.1) is 22.2 Å². The normalized spacial score (nSPS) is 13.2. The molecule has 0 aliphatic heterocycles. The summed E-state index contributed by atoms with van der Waals surface area (Å²) in [5.74, 6) is 0. The van der Waals surface area contributed by atoms with Crippen molar-refractivity contribution in [2.45, 2.75) is 12.8 Å². The van der Waals surface area contributed by atoms with Gasteiger partial charge in [0.2, 0.25) is 0 Å². The molecule has 8 rings (SSSR count). The highest BCUT2D eigenvalue weighted by atomic mass is 15.0. The van der Waals surface area contributed by atoms with Gasteiger partial charge in [0.15, 0.2) is 0 Å². The van der Waals surface area contributed by atoms with E-state index in [1.807, 2.05) is 0 Å². The van der Waals surface area contributed by atoms with Crippen molar-refractivity contribution >= 4 is 49.6 Å². The molecule has 1 aliphatic carbocycles. The molecule has 0 saturated heterocycles. The van der Waals surface area contributed by atoms with Crippen LogP contribution in [0.5, 0.6) is 0 Å². The molecule has 0 unspecified atom stereocenters. The van der Waals surface area contributed by atoms with Crippen molar-refractivity contribution in [3.63, 3.8) is 0 Å². The molecule has 0 fully saturated rings. The van der Waals surface area contributed by atoms with Gasteiger partial charge >= 0.3 is 0 Å². The number of hydrogen-bond donors (Lipinski definition) is 0. The third-order valence-corrected chi connectivity index (χ3v) is 7.77. The zero-order valence-corrected chi connectivity index (χ0v) is 19.9. The number of hydrogen-bond acceptors (Lipinski definition) is 0. The van der Waals surface area contributed by atoms with Gasteiger partial charge in [-0.05, 0) is 60.2 Å². The number of aryl methyl sites for hydroxylation is 1. The van der Waals surface area contributed by atoms with Gasteiger partial charge in [-0.25, -0.2) is 0 Å². The molecule has 0 atom stereocenters. The average molecular weight is 461 g/mol. The van der Waals surface area contributed by atoms with Crippen LogP contribution in [0.4, 0.5) is 0 Å². The Morgan fingerprint density at radius 2 is 1.33 bits per heavy atom. The van der Waals surface area contributed by atoms with Gasteiger partial charge in [0.1, 0.15) is 0 Å². The van der Waals surface area contributed by atoms with Gasteiger partial charge in [0.25, 0.3) is 0 Å². The SMILES string of the molecule is C1=Cc2c(c3ccc4c(c5ccccc5n4-c4ccccc4)c3n2-c2cccc3ccccc23)CC1. The molecular weight excluding hydrogens is 436 g/mol. The van der Waals surface area contributed by atoms with Crippen LogP contribution in [0.2, 0.25) is 0 Å². The fourth-order valence-electron chi connectivity index (χ4n) is 6.28. The minimum atomic E-state index is 1.07. The molecule has 2 heterocycles. The molecule has 2 nitrogen and oxygen atoms in total. The molecule has 1 aliphatic rings. The molecule has 5 aromatic carbocycles. The van der Waals surface area contributed by atoms with Gasteiger partial charge in [-0.3, -0.25) is 0 Å². The molecule has 0 spiro atoms. The van der Waals surface area contributed by atoms with E-state index in [0.29, 0.717) is 0 Å². The second-order valence-corrected chi connectivity index (χ2v) is 9.68. The van der Waals surface area contributed by atoms with E-state index in [2.05, 4.69) is 130 Å². The van der Waals surface area contributed by atoms with E-state index < -0.39 is 0 Å². The van der Waals surface area contributed by atoms with Crippen LogP contribution in [-0.2, 0) is 6.42 Å². The summed E-state index contributed by atoms with van der Waals surface area (Å²) in [5.41, 5.74) is 9.01. The number of benzene rings is 5. The van der Waals surface area contributed by atoms with Gasteiger partial charge in [0, 0.05) is 32.9 Å². The zero-order valence-electron chi connectivity index (χ0n) is 19.9. The Labute approximate surface area is 209 Å². The highest BCUT2D eigenvalue weighted by Crippen LogP contribution is 2.43. The lowest BCUT2D eigenvalue weighted by Crippen LogP contribution is -2.01. The highest BCUT2D eigenvalue weighted by Gasteiger charge is 2.24. The van der Waals surface area contributed by atoms with Crippen molar-refractivity contribution in [1.29, 1.82) is 0 Å². The fraction of sp³-hybridized carbons (Fsp3) is 0.0588. The molecule has 2 aromatic heterocycles. The van der Waals surface area contributed by atoms with E-state index in [4.69, 9.17) is 0 Å². The van der Waals surface area contributed by atoms with Crippen molar-refractivity contribution in [2.75, 3.05) is 0 Å². The first-order chi connectivity index (χ1) is 17.9. The largest absolute Gasteiger partial charge is 0.309 e. The second kappa shape index (κ2) is 7.47. The molecule has 0 amide bonds. The van der Waals surface area contributed by atoms with Crippen LogP contribution in [0.15, 0.2) is 115 Å². The lowest BCUT2D eigenvalue weighted by Gasteiger charge is -2.15. The molecule has 0 N–H and O–H groups in total. The van der Waals surface area contributed by atoms with E-state index in [1.54, 1.807) is 0 Å². The van der Waals surface area contributed by atoms with Gasteiger partial charge in [-0.1, -0.05) is 84.9 Å². The number of nitrogens with zero attached hydrogens (tertiary/aromatic N) is 2. The molecule has 7 aromatic rings. The Morgan fingerprint density at radius 1 is 0.556 bits per heavy atom. The zero-order chi connectivity index (χ0) is 23.6. The van der Waals surface area contributed by atoms with Crippen molar-refractivity contribution in [3.05, 3.63) is 127 Å².